The average Bonchev–Trinajstić information content (AvgIpc) is 3.20. The molecule has 116 valence electrons. The molecule has 0 aromatic carbocycles. The van der Waals surface area contributed by atoms with Gasteiger partial charge in [0.2, 0.25) is 0 Å². The number of epoxide rings is 1. The quantitative estimate of drug-likeness (QED) is 0.222. The van der Waals surface area contributed by atoms with E-state index in [2.05, 4.69) is 38.2 Å². The van der Waals surface area contributed by atoms with E-state index in [4.69, 9.17) is 4.74 Å². The summed E-state index contributed by atoms with van der Waals surface area (Å²) in [6.45, 7) is 4.52. The zero-order valence-corrected chi connectivity index (χ0v) is 13.7. The second-order valence-corrected chi connectivity index (χ2v) is 5.97. The molecule has 0 bridgehead atoms. The van der Waals surface area contributed by atoms with Crippen LogP contribution in [-0.4, -0.2) is 12.2 Å². The Balaban J connectivity index is 1.89. The van der Waals surface area contributed by atoms with Gasteiger partial charge >= 0.3 is 0 Å². The molecule has 0 saturated carbocycles. The summed E-state index contributed by atoms with van der Waals surface area (Å²) < 4.78 is 5.69. The third-order valence-corrected chi connectivity index (χ3v) is 3.96. The molecule has 1 aliphatic heterocycles. The van der Waals surface area contributed by atoms with Crippen LogP contribution in [0.25, 0.3) is 0 Å². The standard InChI is InChI=1S/C19H34O/c1-3-5-7-9-11-13-15-17-19-18(20-19)16-14-12-10-8-6-4-2/h12-15,18-19H,3-11,16-17H2,1-2H3/b14-12-,15-13-/t18-,19+/m0/s1. The number of unbranched alkanes of at least 4 members (excludes halogenated alkanes) is 7. The van der Waals surface area contributed by atoms with Gasteiger partial charge in [-0.25, -0.2) is 0 Å². The molecule has 0 N–H and O–H groups in total. The van der Waals surface area contributed by atoms with E-state index >= 15 is 0 Å². The number of allylic oxidation sites excluding steroid dienone is 2. The summed E-state index contributed by atoms with van der Waals surface area (Å²) >= 11 is 0. The normalized spacial score (nSPS) is 22.1. The lowest BCUT2D eigenvalue weighted by Gasteiger charge is -1.94. The van der Waals surface area contributed by atoms with E-state index < -0.39 is 0 Å². The molecule has 0 radical (unpaired) electrons. The summed E-state index contributed by atoms with van der Waals surface area (Å²) in [7, 11) is 0. The molecule has 0 aromatic rings. The molecule has 1 heteroatoms. The Morgan fingerprint density at radius 3 is 1.70 bits per heavy atom. The fourth-order valence-corrected chi connectivity index (χ4v) is 2.49. The van der Waals surface area contributed by atoms with Crippen molar-refractivity contribution >= 4 is 0 Å². The van der Waals surface area contributed by atoms with Crippen LogP contribution < -0.4 is 0 Å². The van der Waals surface area contributed by atoms with Crippen LogP contribution in [0.4, 0.5) is 0 Å². The van der Waals surface area contributed by atoms with Crippen molar-refractivity contribution in [3.05, 3.63) is 24.3 Å². The maximum atomic E-state index is 5.69. The molecule has 1 nitrogen and oxygen atoms in total. The van der Waals surface area contributed by atoms with Gasteiger partial charge in [0.05, 0.1) is 12.2 Å². The van der Waals surface area contributed by atoms with Gasteiger partial charge in [0.15, 0.2) is 0 Å². The van der Waals surface area contributed by atoms with Crippen LogP contribution in [0, 0.1) is 0 Å². The number of rotatable bonds is 13. The van der Waals surface area contributed by atoms with Crippen LogP contribution in [0.2, 0.25) is 0 Å². The van der Waals surface area contributed by atoms with E-state index in [1.165, 1.54) is 57.8 Å². The Labute approximate surface area is 126 Å². The SMILES string of the molecule is CCCCC/C=C\C[C@@H]1O[C@@H]1C/C=C\CCCCCC. The van der Waals surface area contributed by atoms with Gasteiger partial charge in [0, 0.05) is 0 Å². The molecule has 20 heavy (non-hydrogen) atoms. The van der Waals surface area contributed by atoms with E-state index in [9.17, 15) is 0 Å². The van der Waals surface area contributed by atoms with Gasteiger partial charge in [-0.3, -0.25) is 0 Å². The van der Waals surface area contributed by atoms with Crippen molar-refractivity contribution in [2.24, 2.45) is 0 Å². The van der Waals surface area contributed by atoms with Crippen molar-refractivity contribution in [1.29, 1.82) is 0 Å². The van der Waals surface area contributed by atoms with Crippen molar-refractivity contribution in [2.45, 2.75) is 96.7 Å². The maximum absolute atomic E-state index is 5.69. The Kier molecular flexibility index (Phi) is 10.7. The van der Waals surface area contributed by atoms with Gasteiger partial charge < -0.3 is 4.74 Å². The van der Waals surface area contributed by atoms with Crippen molar-refractivity contribution in [2.75, 3.05) is 0 Å². The van der Waals surface area contributed by atoms with Gasteiger partial charge in [-0.1, -0.05) is 70.3 Å². The highest BCUT2D eigenvalue weighted by Crippen LogP contribution is 2.29. The van der Waals surface area contributed by atoms with Crippen LogP contribution in [0.15, 0.2) is 24.3 Å². The van der Waals surface area contributed by atoms with Crippen LogP contribution in [0.3, 0.4) is 0 Å². The summed E-state index contributed by atoms with van der Waals surface area (Å²) in [5.41, 5.74) is 0. The topological polar surface area (TPSA) is 12.5 Å². The third kappa shape index (κ3) is 9.36. The summed E-state index contributed by atoms with van der Waals surface area (Å²) in [4.78, 5) is 0. The molecule has 1 fully saturated rings. The molecule has 0 amide bonds. The molecule has 0 aliphatic carbocycles. The molecule has 0 aromatic heterocycles. The van der Waals surface area contributed by atoms with Crippen molar-refractivity contribution < 1.29 is 4.74 Å². The van der Waals surface area contributed by atoms with Gasteiger partial charge in [-0.2, -0.15) is 0 Å². The van der Waals surface area contributed by atoms with Gasteiger partial charge in [-0.05, 0) is 38.5 Å². The second kappa shape index (κ2) is 12.2. The second-order valence-electron chi connectivity index (χ2n) is 5.97. The summed E-state index contributed by atoms with van der Waals surface area (Å²) in [5, 5.41) is 0. The van der Waals surface area contributed by atoms with Gasteiger partial charge in [0.1, 0.15) is 0 Å². The van der Waals surface area contributed by atoms with Crippen molar-refractivity contribution in [3.8, 4) is 0 Å². The van der Waals surface area contributed by atoms with Crippen LogP contribution in [-0.2, 0) is 4.74 Å². The minimum absolute atomic E-state index is 0.502. The lowest BCUT2D eigenvalue weighted by Crippen LogP contribution is -1.90. The van der Waals surface area contributed by atoms with Crippen molar-refractivity contribution in [3.63, 3.8) is 0 Å². The number of ether oxygens (including phenoxy) is 1. The molecule has 1 heterocycles. The predicted octanol–water partition coefficient (Wildman–Crippen LogP) is 6.20. The first-order valence-electron chi connectivity index (χ1n) is 8.84. The van der Waals surface area contributed by atoms with E-state index in [0.717, 1.165) is 12.8 Å². The highest BCUT2D eigenvalue weighted by molar-refractivity contribution is 4.98. The first-order chi connectivity index (χ1) is 9.88. The van der Waals surface area contributed by atoms with Gasteiger partial charge in [-0.15, -0.1) is 0 Å². The van der Waals surface area contributed by atoms with Crippen LogP contribution in [0.1, 0.15) is 84.5 Å². The van der Waals surface area contributed by atoms with Crippen LogP contribution >= 0.6 is 0 Å². The minimum Gasteiger partial charge on any atom is -0.369 e. The fraction of sp³-hybridized carbons (Fsp3) is 0.789. The molecular formula is C19H34O. The first-order valence-corrected chi connectivity index (χ1v) is 8.84. The van der Waals surface area contributed by atoms with E-state index in [-0.39, 0.29) is 0 Å². The molecule has 1 saturated heterocycles. The molecule has 2 atom stereocenters. The van der Waals surface area contributed by atoms with Gasteiger partial charge in [0.25, 0.3) is 0 Å². The highest BCUT2D eigenvalue weighted by atomic mass is 16.6. The predicted molar refractivity (Wildman–Crippen MR) is 89.1 cm³/mol. The summed E-state index contributed by atoms with van der Waals surface area (Å²) in [6, 6.07) is 0. The lowest BCUT2D eigenvalue weighted by atomic mass is 10.1. The Morgan fingerprint density at radius 2 is 1.15 bits per heavy atom. The summed E-state index contributed by atoms with van der Waals surface area (Å²) in [5.74, 6) is 0. The van der Waals surface area contributed by atoms with E-state index in [1.807, 2.05) is 0 Å². The zero-order chi connectivity index (χ0) is 14.5. The molecule has 0 spiro atoms. The van der Waals surface area contributed by atoms with E-state index in [0.29, 0.717) is 12.2 Å². The average molecular weight is 278 g/mol. The fourth-order valence-electron chi connectivity index (χ4n) is 2.49. The van der Waals surface area contributed by atoms with Crippen molar-refractivity contribution in [1.82, 2.24) is 0 Å². The largest absolute Gasteiger partial charge is 0.369 e. The maximum Gasteiger partial charge on any atom is 0.0879 e. The highest BCUT2D eigenvalue weighted by Gasteiger charge is 2.35. The minimum atomic E-state index is 0.502. The molecule has 1 rings (SSSR count). The number of hydrogen-bond donors (Lipinski definition) is 0. The molecule has 0 unspecified atom stereocenters. The Hall–Kier alpha value is -0.560. The Bertz CT molecular complexity index is 267. The molecule has 1 aliphatic rings. The van der Waals surface area contributed by atoms with E-state index in [1.54, 1.807) is 0 Å². The zero-order valence-electron chi connectivity index (χ0n) is 13.7. The number of hydrogen-bond acceptors (Lipinski definition) is 1. The third-order valence-electron chi connectivity index (χ3n) is 3.96. The Morgan fingerprint density at radius 1 is 0.650 bits per heavy atom. The molecular weight excluding hydrogens is 244 g/mol. The lowest BCUT2D eigenvalue weighted by molar-refractivity contribution is 0.372. The monoisotopic (exact) mass is 278 g/mol. The summed E-state index contributed by atoms with van der Waals surface area (Å²) in [6.07, 6.45) is 24.5. The van der Waals surface area contributed by atoms with Crippen LogP contribution in [0.5, 0.6) is 0 Å². The first kappa shape index (κ1) is 17.5. The smallest absolute Gasteiger partial charge is 0.0879 e.